The van der Waals surface area contributed by atoms with Crippen LogP contribution in [0.15, 0.2) is 16.7 Å². The van der Waals surface area contributed by atoms with Gasteiger partial charge in [0.25, 0.3) is 5.91 Å². The number of carbonyl (C=O) groups excluding carboxylic acids is 1. The summed E-state index contributed by atoms with van der Waals surface area (Å²) in [6.45, 7) is 5.70. The van der Waals surface area contributed by atoms with Crippen LogP contribution in [0.4, 0.5) is 0 Å². The zero-order chi connectivity index (χ0) is 14.4. The molecule has 1 unspecified atom stereocenters. The number of carbonyl (C=O) groups is 1. The summed E-state index contributed by atoms with van der Waals surface area (Å²) in [5.74, 6) is -0.198. The molecule has 1 aromatic rings. The van der Waals surface area contributed by atoms with Gasteiger partial charge < -0.3 is 10.2 Å². The van der Waals surface area contributed by atoms with Gasteiger partial charge in [0.15, 0.2) is 0 Å². The Hall–Kier alpha value is -0.650. The first-order chi connectivity index (χ1) is 8.95. The molecule has 4 nitrogen and oxygen atoms in total. The molecule has 0 aliphatic heterocycles. The van der Waals surface area contributed by atoms with Crippen LogP contribution in [0.3, 0.4) is 0 Å². The Balaban J connectivity index is 2.50. The van der Waals surface area contributed by atoms with E-state index in [1.54, 1.807) is 12.3 Å². The van der Waals surface area contributed by atoms with Crippen LogP contribution in [0, 0.1) is 0 Å². The lowest BCUT2D eigenvalue weighted by Gasteiger charge is -2.23. The molecule has 0 aliphatic rings. The number of nitrogens with zero attached hydrogens (tertiary/aromatic N) is 2. The van der Waals surface area contributed by atoms with Crippen molar-refractivity contribution < 1.29 is 4.79 Å². The van der Waals surface area contributed by atoms with Crippen LogP contribution in [0.5, 0.6) is 0 Å². The van der Waals surface area contributed by atoms with Gasteiger partial charge in [0.2, 0.25) is 0 Å². The van der Waals surface area contributed by atoms with Crippen molar-refractivity contribution in [1.82, 2.24) is 15.2 Å². The van der Waals surface area contributed by atoms with E-state index in [2.05, 4.69) is 45.0 Å². The van der Waals surface area contributed by atoms with Crippen molar-refractivity contribution in [3.05, 3.63) is 27.5 Å². The second-order valence-corrected chi connectivity index (χ2v) is 5.76. The first kappa shape index (κ1) is 16.4. The minimum Gasteiger partial charge on any atom is -0.351 e. The highest BCUT2D eigenvalue weighted by atomic mass is 79.9. The van der Waals surface area contributed by atoms with Crippen molar-refractivity contribution in [3.63, 3.8) is 0 Å². The Bertz CT molecular complexity index is 442. The van der Waals surface area contributed by atoms with E-state index in [1.165, 1.54) is 0 Å². The summed E-state index contributed by atoms with van der Waals surface area (Å²) < 4.78 is 0.735. The molecule has 1 N–H and O–H groups in total. The highest BCUT2D eigenvalue weighted by molar-refractivity contribution is 9.10. The van der Waals surface area contributed by atoms with Crippen LogP contribution in [-0.4, -0.2) is 42.0 Å². The lowest BCUT2D eigenvalue weighted by Crippen LogP contribution is -2.37. The van der Waals surface area contributed by atoms with Crippen LogP contribution in [0.1, 0.15) is 30.6 Å². The molecule has 1 heterocycles. The summed E-state index contributed by atoms with van der Waals surface area (Å²) in [5.41, 5.74) is 0.391. The van der Waals surface area contributed by atoms with Crippen molar-refractivity contribution in [2.24, 2.45) is 0 Å². The van der Waals surface area contributed by atoms with E-state index in [1.807, 2.05) is 7.05 Å². The molecule has 0 aromatic carbocycles. The van der Waals surface area contributed by atoms with E-state index in [0.29, 0.717) is 18.2 Å². The zero-order valence-corrected chi connectivity index (χ0v) is 13.8. The fourth-order valence-electron chi connectivity index (χ4n) is 1.55. The third-order valence-electron chi connectivity index (χ3n) is 3.14. The predicted octanol–water partition coefficient (Wildman–Crippen LogP) is 2.96. The minimum absolute atomic E-state index is 0.198. The van der Waals surface area contributed by atoms with Crippen LogP contribution in [-0.2, 0) is 0 Å². The fourth-order valence-corrected chi connectivity index (χ4v) is 2.08. The fraction of sp³-hybridized carbons (Fsp3) is 0.538. The molecule has 19 heavy (non-hydrogen) atoms. The molecule has 1 rings (SSSR count). The summed E-state index contributed by atoms with van der Waals surface area (Å²) in [4.78, 5) is 18.1. The van der Waals surface area contributed by atoms with Crippen LogP contribution in [0.2, 0.25) is 5.15 Å². The SMILES string of the molecule is CCC(C)N(C)CCNC(=O)c1cc(Br)cnc1Cl. The molecule has 1 amide bonds. The van der Waals surface area contributed by atoms with Gasteiger partial charge in [0, 0.05) is 29.8 Å². The average Bonchev–Trinajstić information content (AvgIpc) is 2.40. The highest BCUT2D eigenvalue weighted by Crippen LogP contribution is 2.17. The van der Waals surface area contributed by atoms with Crippen molar-refractivity contribution in [2.45, 2.75) is 26.3 Å². The van der Waals surface area contributed by atoms with Crippen LogP contribution >= 0.6 is 27.5 Å². The number of aromatic nitrogens is 1. The number of halogens is 2. The topological polar surface area (TPSA) is 45.2 Å². The summed E-state index contributed by atoms with van der Waals surface area (Å²) in [6, 6.07) is 2.18. The van der Waals surface area contributed by atoms with Gasteiger partial charge in [-0.05, 0) is 42.4 Å². The summed E-state index contributed by atoms with van der Waals surface area (Å²) >= 11 is 9.18. The Labute approximate surface area is 127 Å². The molecule has 0 bridgehead atoms. The van der Waals surface area contributed by atoms with Gasteiger partial charge in [-0.15, -0.1) is 0 Å². The van der Waals surface area contributed by atoms with E-state index >= 15 is 0 Å². The Morgan fingerprint density at radius 3 is 2.95 bits per heavy atom. The van der Waals surface area contributed by atoms with Gasteiger partial charge in [0.05, 0.1) is 5.56 Å². The lowest BCUT2D eigenvalue weighted by atomic mass is 10.2. The lowest BCUT2D eigenvalue weighted by molar-refractivity contribution is 0.0947. The van der Waals surface area contributed by atoms with Gasteiger partial charge in [-0.3, -0.25) is 4.79 Å². The van der Waals surface area contributed by atoms with E-state index in [9.17, 15) is 4.79 Å². The van der Waals surface area contributed by atoms with Crippen LogP contribution in [0.25, 0.3) is 0 Å². The number of hydrogen-bond donors (Lipinski definition) is 1. The predicted molar refractivity (Wildman–Crippen MR) is 81.7 cm³/mol. The third kappa shape index (κ3) is 5.09. The summed E-state index contributed by atoms with van der Waals surface area (Å²) in [5, 5.41) is 3.07. The van der Waals surface area contributed by atoms with Crippen molar-refractivity contribution in [3.8, 4) is 0 Å². The molecule has 106 valence electrons. The van der Waals surface area contributed by atoms with Gasteiger partial charge >= 0.3 is 0 Å². The Morgan fingerprint density at radius 2 is 2.32 bits per heavy atom. The molecular weight excluding hydrogens is 330 g/mol. The maximum Gasteiger partial charge on any atom is 0.254 e. The number of likely N-dealkylation sites (N-methyl/N-ethyl adjacent to an activating group) is 1. The molecule has 0 radical (unpaired) electrons. The van der Waals surface area contributed by atoms with E-state index in [4.69, 9.17) is 11.6 Å². The smallest absolute Gasteiger partial charge is 0.254 e. The molecule has 0 saturated heterocycles. The van der Waals surface area contributed by atoms with Crippen molar-refractivity contribution in [2.75, 3.05) is 20.1 Å². The molecule has 0 saturated carbocycles. The second-order valence-electron chi connectivity index (χ2n) is 4.49. The average molecular weight is 349 g/mol. The molecule has 0 aliphatic carbocycles. The molecule has 1 atom stereocenters. The minimum atomic E-state index is -0.198. The number of amides is 1. The zero-order valence-electron chi connectivity index (χ0n) is 11.4. The van der Waals surface area contributed by atoms with Crippen LogP contribution < -0.4 is 5.32 Å². The number of rotatable bonds is 6. The summed E-state index contributed by atoms with van der Waals surface area (Å²) in [6.07, 6.45) is 2.65. The molecule has 0 fully saturated rings. The number of hydrogen-bond acceptors (Lipinski definition) is 3. The quantitative estimate of drug-likeness (QED) is 0.804. The van der Waals surface area contributed by atoms with Gasteiger partial charge in [-0.25, -0.2) is 4.98 Å². The van der Waals surface area contributed by atoms with E-state index in [0.717, 1.165) is 17.4 Å². The molecule has 1 aromatic heterocycles. The third-order valence-corrected chi connectivity index (χ3v) is 3.88. The maximum absolute atomic E-state index is 12.0. The van der Waals surface area contributed by atoms with Gasteiger partial charge in [-0.1, -0.05) is 18.5 Å². The standard InChI is InChI=1S/C13H19BrClN3O/c1-4-9(2)18(3)6-5-16-13(19)11-7-10(14)8-17-12(11)15/h7-9H,4-6H2,1-3H3,(H,16,19). The summed E-state index contributed by atoms with van der Waals surface area (Å²) in [7, 11) is 2.05. The maximum atomic E-state index is 12.0. The number of pyridine rings is 1. The van der Waals surface area contributed by atoms with Gasteiger partial charge in [-0.2, -0.15) is 0 Å². The molecular formula is C13H19BrClN3O. The molecule has 6 heteroatoms. The van der Waals surface area contributed by atoms with Crippen molar-refractivity contribution in [1.29, 1.82) is 0 Å². The molecule has 0 spiro atoms. The largest absolute Gasteiger partial charge is 0.351 e. The van der Waals surface area contributed by atoms with Crippen molar-refractivity contribution >= 4 is 33.4 Å². The van der Waals surface area contributed by atoms with E-state index < -0.39 is 0 Å². The second kappa shape index (κ2) is 7.82. The Kier molecular flexibility index (Phi) is 6.75. The monoisotopic (exact) mass is 347 g/mol. The van der Waals surface area contributed by atoms with E-state index in [-0.39, 0.29) is 11.1 Å². The first-order valence-electron chi connectivity index (χ1n) is 6.25. The first-order valence-corrected chi connectivity index (χ1v) is 7.42. The normalized spacial score (nSPS) is 12.5. The Morgan fingerprint density at radius 1 is 1.63 bits per heavy atom. The van der Waals surface area contributed by atoms with Gasteiger partial charge in [0.1, 0.15) is 5.15 Å². The highest BCUT2D eigenvalue weighted by Gasteiger charge is 2.12. The number of nitrogens with one attached hydrogen (secondary N) is 1.